The number of rotatable bonds is 5. The summed E-state index contributed by atoms with van der Waals surface area (Å²) >= 11 is 0. The largest absolute Gasteiger partial charge is 0.325 e. The number of carbonyl (C=O) groups is 1. The Labute approximate surface area is 114 Å². The fraction of sp³-hybridized carbons (Fsp3) is 0.462. The number of sulfone groups is 1. The molecule has 0 aliphatic carbocycles. The lowest BCUT2D eigenvalue weighted by Crippen LogP contribution is -2.31. The van der Waals surface area contributed by atoms with Crippen molar-refractivity contribution < 1.29 is 13.2 Å². The van der Waals surface area contributed by atoms with Gasteiger partial charge in [-0.05, 0) is 38.6 Å². The van der Waals surface area contributed by atoms with Crippen molar-refractivity contribution in [2.24, 2.45) is 0 Å². The Morgan fingerprint density at radius 1 is 1.16 bits per heavy atom. The minimum atomic E-state index is -3.37. The second kappa shape index (κ2) is 6.16. The van der Waals surface area contributed by atoms with Gasteiger partial charge < -0.3 is 10.6 Å². The molecule has 0 aliphatic heterocycles. The number of hydrogen-bond acceptors (Lipinski definition) is 4. The first-order valence-corrected chi connectivity index (χ1v) is 7.98. The van der Waals surface area contributed by atoms with Gasteiger partial charge in [-0.1, -0.05) is 12.1 Å². The van der Waals surface area contributed by atoms with Crippen molar-refractivity contribution in [3.63, 3.8) is 0 Å². The van der Waals surface area contributed by atoms with Gasteiger partial charge in [-0.3, -0.25) is 4.79 Å². The van der Waals surface area contributed by atoms with Gasteiger partial charge in [0.1, 0.15) is 5.25 Å². The van der Waals surface area contributed by atoms with E-state index < -0.39 is 21.0 Å². The van der Waals surface area contributed by atoms with Gasteiger partial charge >= 0.3 is 0 Å². The smallest absolute Gasteiger partial charge is 0.242 e. The van der Waals surface area contributed by atoms with Crippen LogP contribution in [0.3, 0.4) is 0 Å². The van der Waals surface area contributed by atoms with Crippen molar-refractivity contribution in [3.05, 3.63) is 29.8 Å². The first-order chi connectivity index (χ1) is 8.75. The lowest BCUT2D eigenvalue weighted by atomic mass is 10.1. The molecule has 1 aromatic rings. The molecule has 2 atom stereocenters. The van der Waals surface area contributed by atoms with Crippen molar-refractivity contribution in [3.8, 4) is 0 Å². The van der Waals surface area contributed by atoms with Crippen LogP contribution in [0.1, 0.15) is 25.5 Å². The number of anilines is 1. The zero-order valence-corrected chi connectivity index (χ0v) is 12.4. The first-order valence-electron chi connectivity index (χ1n) is 6.02. The van der Waals surface area contributed by atoms with E-state index in [0.717, 1.165) is 11.8 Å². The van der Waals surface area contributed by atoms with Crippen molar-refractivity contribution in [1.29, 1.82) is 0 Å². The van der Waals surface area contributed by atoms with E-state index in [-0.39, 0.29) is 6.04 Å². The van der Waals surface area contributed by atoms with E-state index in [0.29, 0.717) is 5.69 Å². The maximum absolute atomic E-state index is 11.7. The Kier molecular flexibility index (Phi) is 5.08. The summed E-state index contributed by atoms with van der Waals surface area (Å²) in [7, 11) is -1.50. The molecule has 0 aliphatic rings. The van der Waals surface area contributed by atoms with Crippen molar-refractivity contribution >= 4 is 21.4 Å². The van der Waals surface area contributed by atoms with E-state index in [4.69, 9.17) is 0 Å². The fourth-order valence-corrected chi connectivity index (χ4v) is 1.91. The number of hydrogen-bond donors (Lipinski definition) is 2. The number of nitrogens with one attached hydrogen (secondary N) is 2. The lowest BCUT2D eigenvalue weighted by molar-refractivity contribution is -0.115. The maximum Gasteiger partial charge on any atom is 0.242 e. The van der Waals surface area contributed by atoms with Gasteiger partial charge in [0, 0.05) is 18.0 Å². The van der Waals surface area contributed by atoms with Gasteiger partial charge in [-0.2, -0.15) is 0 Å². The molecular weight excluding hydrogens is 264 g/mol. The van der Waals surface area contributed by atoms with Gasteiger partial charge in [0.25, 0.3) is 0 Å². The molecule has 0 spiro atoms. The first kappa shape index (κ1) is 15.7. The summed E-state index contributed by atoms with van der Waals surface area (Å²) in [6.45, 7) is 3.40. The molecule has 0 aromatic heterocycles. The molecule has 106 valence electrons. The highest BCUT2D eigenvalue weighted by Crippen LogP contribution is 2.16. The highest BCUT2D eigenvalue weighted by Gasteiger charge is 2.23. The molecule has 2 N–H and O–H groups in total. The third-order valence-corrected chi connectivity index (χ3v) is 4.62. The molecule has 0 bridgehead atoms. The minimum absolute atomic E-state index is 0.222. The van der Waals surface area contributed by atoms with E-state index in [1.165, 1.54) is 6.92 Å². The Balaban J connectivity index is 2.76. The van der Waals surface area contributed by atoms with Crippen LogP contribution < -0.4 is 10.6 Å². The molecule has 2 unspecified atom stereocenters. The quantitative estimate of drug-likeness (QED) is 0.855. The van der Waals surface area contributed by atoms with E-state index in [2.05, 4.69) is 10.6 Å². The fourth-order valence-electron chi connectivity index (χ4n) is 1.46. The summed E-state index contributed by atoms with van der Waals surface area (Å²) in [4.78, 5) is 11.7. The van der Waals surface area contributed by atoms with Crippen LogP contribution in [0, 0.1) is 0 Å². The molecule has 19 heavy (non-hydrogen) atoms. The SMILES string of the molecule is CNC(C)c1ccc(NC(=O)C(C)S(C)(=O)=O)cc1. The van der Waals surface area contributed by atoms with Gasteiger partial charge in [-0.25, -0.2) is 8.42 Å². The number of carbonyl (C=O) groups excluding carboxylic acids is 1. The van der Waals surface area contributed by atoms with Gasteiger partial charge in [0.05, 0.1) is 0 Å². The second-order valence-electron chi connectivity index (χ2n) is 4.59. The van der Waals surface area contributed by atoms with Crippen LogP contribution in [0.2, 0.25) is 0 Å². The summed E-state index contributed by atoms with van der Waals surface area (Å²) < 4.78 is 22.6. The Bertz CT molecular complexity index is 538. The third kappa shape index (κ3) is 4.33. The molecule has 0 radical (unpaired) electrons. The maximum atomic E-state index is 11.7. The van der Waals surface area contributed by atoms with E-state index >= 15 is 0 Å². The molecule has 1 rings (SSSR count). The number of benzene rings is 1. The minimum Gasteiger partial charge on any atom is -0.325 e. The highest BCUT2D eigenvalue weighted by atomic mass is 32.2. The normalized spacial score (nSPS) is 14.7. The second-order valence-corrected chi connectivity index (χ2v) is 6.96. The van der Waals surface area contributed by atoms with Crippen LogP contribution in [-0.4, -0.2) is 32.9 Å². The molecule has 0 saturated carbocycles. The predicted molar refractivity (Wildman–Crippen MR) is 76.9 cm³/mol. The van der Waals surface area contributed by atoms with Crippen LogP contribution in [0.4, 0.5) is 5.69 Å². The van der Waals surface area contributed by atoms with Crippen LogP contribution in [0.5, 0.6) is 0 Å². The Morgan fingerprint density at radius 2 is 1.68 bits per heavy atom. The third-order valence-electron chi connectivity index (χ3n) is 3.12. The highest BCUT2D eigenvalue weighted by molar-refractivity contribution is 7.92. The van der Waals surface area contributed by atoms with Crippen LogP contribution in [0.15, 0.2) is 24.3 Å². The summed E-state index contributed by atoms with van der Waals surface area (Å²) in [6, 6.07) is 7.52. The summed E-state index contributed by atoms with van der Waals surface area (Å²) in [5.41, 5.74) is 1.68. The van der Waals surface area contributed by atoms with Crippen LogP contribution in [0.25, 0.3) is 0 Å². The number of amides is 1. The van der Waals surface area contributed by atoms with Crippen molar-refractivity contribution in [2.75, 3.05) is 18.6 Å². The standard InChI is InChI=1S/C13H20N2O3S/c1-9(14-3)11-5-7-12(8-6-11)15-13(16)10(2)19(4,17)18/h5-10,14H,1-4H3,(H,15,16). The van der Waals surface area contributed by atoms with Crippen molar-refractivity contribution in [2.45, 2.75) is 25.1 Å². The molecule has 6 heteroatoms. The van der Waals surface area contributed by atoms with E-state index in [9.17, 15) is 13.2 Å². The average molecular weight is 284 g/mol. The summed E-state index contributed by atoms with van der Waals surface area (Å²) in [5, 5.41) is 4.65. The molecule has 0 fully saturated rings. The summed E-state index contributed by atoms with van der Waals surface area (Å²) in [6.07, 6.45) is 1.05. The average Bonchev–Trinajstić information content (AvgIpc) is 2.36. The van der Waals surface area contributed by atoms with Crippen LogP contribution >= 0.6 is 0 Å². The Morgan fingerprint density at radius 3 is 2.11 bits per heavy atom. The molecule has 1 aromatic carbocycles. The lowest BCUT2D eigenvalue weighted by Gasteiger charge is -2.13. The molecule has 1 amide bonds. The molecule has 0 heterocycles. The van der Waals surface area contributed by atoms with Crippen molar-refractivity contribution in [1.82, 2.24) is 5.32 Å². The monoisotopic (exact) mass is 284 g/mol. The predicted octanol–water partition coefficient (Wildman–Crippen LogP) is 1.34. The van der Waals surface area contributed by atoms with E-state index in [1.807, 2.05) is 26.1 Å². The van der Waals surface area contributed by atoms with Crippen LogP contribution in [-0.2, 0) is 14.6 Å². The van der Waals surface area contributed by atoms with E-state index in [1.54, 1.807) is 12.1 Å². The van der Waals surface area contributed by atoms with Gasteiger partial charge in [0.15, 0.2) is 9.84 Å². The molecular formula is C13H20N2O3S. The summed E-state index contributed by atoms with van der Waals surface area (Å²) in [5.74, 6) is -0.517. The molecule has 0 saturated heterocycles. The molecule has 5 nitrogen and oxygen atoms in total. The van der Waals surface area contributed by atoms with Gasteiger partial charge in [-0.15, -0.1) is 0 Å². The van der Waals surface area contributed by atoms with Gasteiger partial charge in [0.2, 0.25) is 5.91 Å². The Hall–Kier alpha value is -1.40. The zero-order chi connectivity index (χ0) is 14.6. The topological polar surface area (TPSA) is 75.3 Å². The zero-order valence-electron chi connectivity index (χ0n) is 11.6.